The highest BCUT2D eigenvalue weighted by Crippen LogP contribution is 2.26. The summed E-state index contributed by atoms with van der Waals surface area (Å²) in [5.74, 6) is 2.58. The molecule has 1 fully saturated rings. The number of carbonyl (C=O) groups is 1. The van der Waals surface area contributed by atoms with Crippen LogP contribution in [0.3, 0.4) is 0 Å². The molecule has 3 heterocycles. The minimum Gasteiger partial charge on any atom is -0.465 e. The van der Waals surface area contributed by atoms with Crippen LogP contribution in [-0.2, 0) is 6.54 Å². The van der Waals surface area contributed by atoms with Gasteiger partial charge in [-0.25, -0.2) is 9.78 Å². The van der Waals surface area contributed by atoms with E-state index in [1.165, 1.54) is 0 Å². The van der Waals surface area contributed by atoms with Crippen molar-refractivity contribution < 1.29 is 14.3 Å². The summed E-state index contributed by atoms with van der Waals surface area (Å²) in [6.45, 7) is 5.12. The van der Waals surface area contributed by atoms with Gasteiger partial charge in [-0.05, 0) is 50.5 Å². The molecule has 2 aromatic heterocycles. The minimum absolute atomic E-state index is 0.0364. The number of nitrogens with zero attached hydrogens (tertiary/aromatic N) is 3. The molecule has 28 heavy (non-hydrogen) atoms. The highest BCUT2D eigenvalue weighted by Gasteiger charge is 2.31. The normalized spacial score (nSPS) is 19.9. The molecule has 1 aliphatic heterocycles. The number of likely N-dealkylation sites (tertiary alicyclic amines) is 1. The lowest BCUT2D eigenvalue weighted by Gasteiger charge is -2.37. The molecule has 7 nitrogen and oxygen atoms in total. The van der Waals surface area contributed by atoms with Gasteiger partial charge in [0.2, 0.25) is 5.95 Å². The number of imidazole rings is 1. The van der Waals surface area contributed by atoms with Crippen LogP contribution in [-0.4, -0.2) is 44.3 Å². The Labute approximate surface area is 164 Å². The van der Waals surface area contributed by atoms with Crippen molar-refractivity contribution in [1.82, 2.24) is 14.5 Å². The van der Waals surface area contributed by atoms with Crippen molar-refractivity contribution in [2.75, 3.05) is 11.9 Å². The second-order valence-corrected chi connectivity index (χ2v) is 7.43. The lowest BCUT2D eigenvalue weighted by Crippen LogP contribution is -2.48. The average Bonchev–Trinajstić information content (AvgIpc) is 3.25. The number of nitrogens with one attached hydrogen (secondary N) is 1. The molecule has 1 amide bonds. The van der Waals surface area contributed by atoms with Gasteiger partial charge in [0.05, 0.1) is 17.6 Å². The Bertz CT molecular complexity index is 977. The van der Waals surface area contributed by atoms with E-state index < -0.39 is 6.09 Å². The second kappa shape index (κ2) is 7.58. The van der Waals surface area contributed by atoms with Gasteiger partial charge in [-0.1, -0.05) is 19.1 Å². The van der Waals surface area contributed by atoms with E-state index in [1.54, 1.807) is 4.90 Å². The van der Waals surface area contributed by atoms with E-state index in [2.05, 4.69) is 16.0 Å². The first kappa shape index (κ1) is 18.4. The zero-order valence-electron chi connectivity index (χ0n) is 16.3. The molecule has 0 radical (unpaired) electrons. The maximum atomic E-state index is 11.4. The van der Waals surface area contributed by atoms with E-state index in [0.717, 1.165) is 47.8 Å². The van der Waals surface area contributed by atoms with Crippen LogP contribution in [0, 0.1) is 6.92 Å². The van der Waals surface area contributed by atoms with Gasteiger partial charge in [0.25, 0.3) is 0 Å². The number of fused-ring (bicyclic) bond motifs is 1. The van der Waals surface area contributed by atoms with E-state index in [9.17, 15) is 9.90 Å². The number of hydrogen-bond acceptors (Lipinski definition) is 4. The smallest absolute Gasteiger partial charge is 0.407 e. The lowest BCUT2D eigenvalue weighted by molar-refractivity contribution is 0.102. The largest absolute Gasteiger partial charge is 0.465 e. The van der Waals surface area contributed by atoms with Crippen molar-refractivity contribution in [3.05, 3.63) is 47.9 Å². The van der Waals surface area contributed by atoms with Crippen molar-refractivity contribution in [2.24, 2.45) is 0 Å². The first-order chi connectivity index (χ1) is 13.5. The van der Waals surface area contributed by atoms with Crippen LogP contribution in [0.1, 0.15) is 37.7 Å². The van der Waals surface area contributed by atoms with Gasteiger partial charge in [-0.15, -0.1) is 0 Å². The van der Waals surface area contributed by atoms with Crippen LogP contribution < -0.4 is 5.32 Å². The zero-order valence-corrected chi connectivity index (χ0v) is 16.3. The highest BCUT2D eigenvalue weighted by molar-refractivity contribution is 5.78. The highest BCUT2D eigenvalue weighted by atomic mass is 16.4. The van der Waals surface area contributed by atoms with Gasteiger partial charge in [-0.2, -0.15) is 0 Å². The fraction of sp³-hybridized carbons (Fsp3) is 0.429. The molecule has 1 saturated heterocycles. The number of hydrogen-bond donors (Lipinski definition) is 2. The molecule has 3 aromatic rings. The summed E-state index contributed by atoms with van der Waals surface area (Å²) < 4.78 is 7.91. The third-order valence-electron chi connectivity index (χ3n) is 5.53. The van der Waals surface area contributed by atoms with Crippen LogP contribution in [0.15, 0.2) is 40.8 Å². The van der Waals surface area contributed by atoms with Crippen LogP contribution >= 0.6 is 0 Å². The molecular formula is C21H26N4O3. The molecule has 0 spiro atoms. The van der Waals surface area contributed by atoms with Crippen LogP contribution in [0.4, 0.5) is 10.7 Å². The van der Waals surface area contributed by atoms with E-state index in [1.807, 2.05) is 44.2 Å². The number of piperidine rings is 1. The number of furan rings is 1. The number of rotatable bonds is 5. The number of carboxylic acid groups (broad SMARTS) is 1. The second-order valence-electron chi connectivity index (χ2n) is 7.43. The Balaban J connectivity index is 1.60. The summed E-state index contributed by atoms with van der Waals surface area (Å²) in [4.78, 5) is 17.8. The molecule has 1 aromatic carbocycles. The van der Waals surface area contributed by atoms with Crippen LogP contribution in [0.25, 0.3) is 11.0 Å². The van der Waals surface area contributed by atoms with Gasteiger partial charge in [0.1, 0.15) is 11.5 Å². The predicted octanol–water partition coefficient (Wildman–Crippen LogP) is 4.32. The van der Waals surface area contributed by atoms with E-state index in [0.29, 0.717) is 13.1 Å². The maximum absolute atomic E-state index is 11.4. The van der Waals surface area contributed by atoms with Crippen molar-refractivity contribution >= 4 is 23.1 Å². The van der Waals surface area contributed by atoms with Crippen molar-refractivity contribution in [2.45, 2.75) is 51.7 Å². The Kier molecular flexibility index (Phi) is 4.98. The molecule has 0 saturated carbocycles. The summed E-state index contributed by atoms with van der Waals surface area (Å²) >= 11 is 0. The number of aryl methyl sites for hydroxylation is 1. The number of benzene rings is 1. The summed E-state index contributed by atoms with van der Waals surface area (Å²) in [5, 5.41) is 13.0. The van der Waals surface area contributed by atoms with Gasteiger partial charge in [0, 0.05) is 18.6 Å². The fourth-order valence-electron chi connectivity index (χ4n) is 4.08. The number of para-hydroxylation sites is 2. The van der Waals surface area contributed by atoms with Crippen molar-refractivity contribution in [3.8, 4) is 0 Å². The van der Waals surface area contributed by atoms with E-state index in [-0.39, 0.29) is 12.1 Å². The van der Waals surface area contributed by atoms with Gasteiger partial charge in [0.15, 0.2) is 0 Å². The number of amides is 1. The lowest BCUT2D eigenvalue weighted by atomic mass is 9.96. The van der Waals surface area contributed by atoms with Gasteiger partial charge < -0.3 is 24.3 Å². The molecule has 4 rings (SSSR count). The minimum atomic E-state index is -0.828. The molecular weight excluding hydrogens is 356 g/mol. The van der Waals surface area contributed by atoms with Crippen LogP contribution in [0.2, 0.25) is 0 Å². The number of aromatic nitrogens is 2. The quantitative estimate of drug-likeness (QED) is 0.687. The topological polar surface area (TPSA) is 83.5 Å². The first-order valence-electron chi connectivity index (χ1n) is 9.82. The molecule has 2 atom stereocenters. The summed E-state index contributed by atoms with van der Waals surface area (Å²) in [5.41, 5.74) is 1.98. The maximum Gasteiger partial charge on any atom is 0.407 e. The number of anilines is 1. The Morgan fingerprint density at radius 1 is 1.32 bits per heavy atom. The van der Waals surface area contributed by atoms with Gasteiger partial charge >= 0.3 is 6.09 Å². The molecule has 1 aliphatic rings. The van der Waals surface area contributed by atoms with E-state index in [4.69, 9.17) is 9.40 Å². The molecule has 2 unspecified atom stereocenters. The fourth-order valence-corrected chi connectivity index (χ4v) is 4.08. The Morgan fingerprint density at radius 2 is 2.14 bits per heavy atom. The summed E-state index contributed by atoms with van der Waals surface area (Å²) in [6, 6.07) is 12.2. The summed E-state index contributed by atoms with van der Waals surface area (Å²) in [7, 11) is 0. The third-order valence-corrected chi connectivity index (χ3v) is 5.53. The third kappa shape index (κ3) is 3.56. The van der Waals surface area contributed by atoms with Gasteiger partial charge in [-0.3, -0.25) is 0 Å². The molecule has 7 heteroatoms. The predicted molar refractivity (Wildman–Crippen MR) is 108 cm³/mol. The van der Waals surface area contributed by atoms with Crippen molar-refractivity contribution in [3.63, 3.8) is 0 Å². The summed E-state index contributed by atoms with van der Waals surface area (Å²) in [6.07, 6.45) is 1.54. The molecule has 148 valence electrons. The van der Waals surface area contributed by atoms with Crippen LogP contribution in [0.5, 0.6) is 0 Å². The monoisotopic (exact) mass is 382 g/mol. The first-order valence-corrected chi connectivity index (χ1v) is 9.82. The standard InChI is InChI=1S/C21H26N4O3/c1-3-16-12-15(10-11-24(16)21(26)27)22-20-23-18-6-4-5-7-19(18)25(20)13-17-9-8-14(2)28-17/h4-9,15-16H,3,10-13H2,1-2H3,(H,22,23)(H,26,27). The van der Waals surface area contributed by atoms with Crippen molar-refractivity contribution in [1.29, 1.82) is 0 Å². The SMILES string of the molecule is CCC1CC(Nc2nc3ccccc3n2Cc2ccc(C)o2)CCN1C(=O)O. The molecule has 0 aliphatic carbocycles. The van der Waals surface area contributed by atoms with E-state index >= 15 is 0 Å². The zero-order chi connectivity index (χ0) is 19.7. The Morgan fingerprint density at radius 3 is 2.86 bits per heavy atom. The molecule has 2 N–H and O–H groups in total. The Hall–Kier alpha value is -2.96. The average molecular weight is 382 g/mol. The molecule has 0 bridgehead atoms.